The molecule has 0 aromatic heterocycles. The smallest absolute Gasteiger partial charge is 0.281 e. The first kappa shape index (κ1) is 18.5. The van der Waals surface area contributed by atoms with Gasteiger partial charge in [0.15, 0.2) is 5.83 Å². The zero-order valence-electron chi connectivity index (χ0n) is 12.1. The minimum atomic E-state index is -0.841. The van der Waals surface area contributed by atoms with Crippen LogP contribution < -0.4 is 0 Å². The highest BCUT2D eigenvalue weighted by atomic mass is 19.1. The van der Waals surface area contributed by atoms with Gasteiger partial charge in [-0.2, -0.15) is 0 Å². The summed E-state index contributed by atoms with van der Waals surface area (Å²) in [6.07, 6.45) is 3.11. The Morgan fingerprint density at radius 1 is 1.12 bits per heavy atom. The number of amides is 1. The summed E-state index contributed by atoms with van der Waals surface area (Å²) in [6.45, 7) is 14.8. The molecule has 0 aliphatic carbocycles. The molecule has 1 aliphatic rings. The van der Waals surface area contributed by atoms with Gasteiger partial charge < -0.3 is 4.90 Å². The Kier molecular flexibility index (Phi) is 12.6. The molecule has 0 saturated carbocycles. The largest absolute Gasteiger partial charge is 0.337 e. The second-order valence-corrected chi connectivity index (χ2v) is 4.49. The molecule has 0 bridgehead atoms. The molecule has 2 nitrogen and oxygen atoms in total. The Morgan fingerprint density at radius 3 is 1.76 bits per heavy atom. The Morgan fingerprint density at radius 2 is 1.47 bits per heavy atom. The van der Waals surface area contributed by atoms with E-state index in [0.29, 0.717) is 13.1 Å². The van der Waals surface area contributed by atoms with E-state index in [2.05, 4.69) is 27.4 Å². The average molecular weight is 245 g/mol. The van der Waals surface area contributed by atoms with Gasteiger partial charge in [0.25, 0.3) is 5.91 Å². The van der Waals surface area contributed by atoms with Crippen LogP contribution in [-0.2, 0) is 4.79 Å². The first-order chi connectivity index (χ1) is 7.95. The lowest BCUT2D eigenvalue weighted by atomic mass is 10.1. The van der Waals surface area contributed by atoms with Crippen LogP contribution in [0.25, 0.3) is 0 Å². The van der Waals surface area contributed by atoms with E-state index in [1.54, 1.807) is 0 Å². The number of rotatable bonds is 1. The van der Waals surface area contributed by atoms with Crippen LogP contribution in [0.5, 0.6) is 0 Å². The molecular formula is C14H28FNO. The molecule has 1 saturated heterocycles. The summed E-state index contributed by atoms with van der Waals surface area (Å²) >= 11 is 0. The van der Waals surface area contributed by atoms with Crippen LogP contribution in [0, 0.1) is 5.92 Å². The summed E-state index contributed by atoms with van der Waals surface area (Å²) in [5, 5.41) is 0. The molecule has 17 heavy (non-hydrogen) atoms. The van der Waals surface area contributed by atoms with Crippen LogP contribution >= 0.6 is 0 Å². The van der Waals surface area contributed by atoms with Crippen molar-refractivity contribution in [2.24, 2.45) is 5.92 Å². The van der Waals surface area contributed by atoms with Crippen molar-refractivity contribution in [3.05, 3.63) is 12.4 Å². The van der Waals surface area contributed by atoms with Crippen LogP contribution in [-0.4, -0.2) is 23.9 Å². The van der Waals surface area contributed by atoms with Gasteiger partial charge in [0, 0.05) is 13.1 Å². The quantitative estimate of drug-likeness (QED) is 0.635. The summed E-state index contributed by atoms with van der Waals surface area (Å²) in [5.41, 5.74) is 0. The minimum Gasteiger partial charge on any atom is -0.337 e. The first-order valence-corrected chi connectivity index (χ1v) is 6.58. The summed E-state index contributed by atoms with van der Waals surface area (Å²) in [7, 11) is 0. The van der Waals surface area contributed by atoms with Gasteiger partial charge in [-0.3, -0.25) is 4.79 Å². The summed E-state index contributed by atoms with van der Waals surface area (Å²) in [5.74, 6) is -0.545. The molecule has 1 fully saturated rings. The van der Waals surface area contributed by atoms with Crippen molar-refractivity contribution >= 4 is 5.91 Å². The number of likely N-dealkylation sites (tertiary alicyclic amines) is 1. The fourth-order valence-corrected chi connectivity index (χ4v) is 1.27. The van der Waals surface area contributed by atoms with Crippen molar-refractivity contribution in [1.82, 2.24) is 4.90 Å². The van der Waals surface area contributed by atoms with Gasteiger partial charge in [0.1, 0.15) is 0 Å². The third-order valence-corrected chi connectivity index (χ3v) is 1.88. The zero-order chi connectivity index (χ0) is 13.8. The lowest BCUT2D eigenvalue weighted by Crippen LogP contribution is -2.35. The van der Waals surface area contributed by atoms with Gasteiger partial charge in [0.05, 0.1) is 0 Å². The van der Waals surface area contributed by atoms with E-state index in [4.69, 9.17) is 0 Å². The van der Waals surface area contributed by atoms with Gasteiger partial charge in [-0.15, -0.1) is 0 Å². The second kappa shape index (κ2) is 11.6. The molecule has 0 unspecified atom stereocenters. The maximum Gasteiger partial charge on any atom is 0.281 e. The maximum absolute atomic E-state index is 12.3. The highest BCUT2D eigenvalue weighted by molar-refractivity contribution is 5.90. The van der Waals surface area contributed by atoms with Gasteiger partial charge in [0.2, 0.25) is 0 Å². The average Bonchev–Trinajstić information content (AvgIpc) is 2.31. The molecule has 1 rings (SSSR count). The third-order valence-electron chi connectivity index (χ3n) is 1.88. The lowest BCUT2D eigenvalue weighted by molar-refractivity contribution is -0.129. The lowest BCUT2D eigenvalue weighted by Gasteiger charge is -2.25. The van der Waals surface area contributed by atoms with E-state index in [1.165, 1.54) is 4.90 Å². The number of nitrogens with zero attached hydrogens (tertiary/aromatic N) is 1. The van der Waals surface area contributed by atoms with Crippen LogP contribution in [0.3, 0.4) is 0 Å². The molecule has 1 aliphatic heterocycles. The number of carbonyl (C=O) groups excluding carboxylic acids is 1. The number of piperidine rings is 1. The Hall–Kier alpha value is -0.860. The maximum atomic E-state index is 12.3. The van der Waals surface area contributed by atoms with Crippen LogP contribution in [0.4, 0.5) is 4.39 Å². The number of carbonyl (C=O) groups is 1. The molecule has 3 heteroatoms. The van der Waals surface area contributed by atoms with Gasteiger partial charge >= 0.3 is 0 Å². The van der Waals surface area contributed by atoms with Crippen molar-refractivity contribution in [2.75, 3.05) is 13.1 Å². The van der Waals surface area contributed by atoms with E-state index in [0.717, 1.165) is 25.2 Å². The Labute approximate surface area is 106 Å². The molecule has 1 heterocycles. The normalized spacial score (nSPS) is 14.2. The van der Waals surface area contributed by atoms with Gasteiger partial charge in [-0.05, 0) is 25.2 Å². The Balaban J connectivity index is 0. The molecule has 0 aromatic carbocycles. The predicted octanol–water partition coefficient (Wildman–Crippen LogP) is 4.17. The van der Waals surface area contributed by atoms with E-state index in [-0.39, 0.29) is 0 Å². The first-order valence-electron chi connectivity index (χ1n) is 6.58. The number of halogens is 1. The topological polar surface area (TPSA) is 20.3 Å². The van der Waals surface area contributed by atoms with E-state index >= 15 is 0 Å². The second-order valence-electron chi connectivity index (χ2n) is 4.49. The molecular weight excluding hydrogens is 217 g/mol. The van der Waals surface area contributed by atoms with E-state index < -0.39 is 11.7 Å². The van der Waals surface area contributed by atoms with Crippen molar-refractivity contribution in [1.29, 1.82) is 0 Å². The van der Waals surface area contributed by atoms with Crippen molar-refractivity contribution in [3.8, 4) is 0 Å². The van der Waals surface area contributed by atoms with E-state index in [9.17, 15) is 9.18 Å². The number of hydrogen-bond donors (Lipinski definition) is 0. The molecule has 102 valence electrons. The third kappa shape index (κ3) is 11.4. The van der Waals surface area contributed by atoms with Gasteiger partial charge in [-0.25, -0.2) is 4.39 Å². The molecule has 0 N–H and O–H groups in total. The summed E-state index contributed by atoms with van der Waals surface area (Å²) in [6, 6.07) is 0. The van der Waals surface area contributed by atoms with Crippen LogP contribution in [0.2, 0.25) is 0 Å². The number of hydrogen-bond acceptors (Lipinski definition) is 1. The molecule has 1 amide bonds. The Bertz CT molecular complexity index is 206. The predicted molar refractivity (Wildman–Crippen MR) is 72.5 cm³/mol. The van der Waals surface area contributed by atoms with Crippen molar-refractivity contribution in [2.45, 2.75) is 53.9 Å². The minimum absolute atomic E-state index is 0.537. The molecule has 0 atom stereocenters. The van der Waals surface area contributed by atoms with Gasteiger partial charge in [-0.1, -0.05) is 41.2 Å². The molecule has 0 radical (unpaired) electrons. The fraction of sp³-hybridized carbons (Fsp3) is 0.786. The summed E-state index contributed by atoms with van der Waals surface area (Å²) in [4.78, 5) is 12.5. The van der Waals surface area contributed by atoms with Crippen molar-refractivity contribution in [3.63, 3.8) is 0 Å². The van der Waals surface area contributed by atoms with Crippen molar-refractivity contribution < 1.29 is 9.18 Å². The van der Waals surface area contributed by atoms with Crippen LogP contribution in [0.1, 0.15) is 53.9 Å². The monoisotopic (exact) mass is 245 g/mol. The standard InChI is InChI=1S/C8H12FNO.C4H10.C2H6/c1-7(9)8(11)10-5-3-2-4-6-10;1-4(2)3;1-2/h1-6H2;4H,1-3H3;1-2H3. The molecule has 0 spiro atoms. The highest BCUT2D eigenvalue weighted by Gasteiger charge is 2.18. The van der Waals surface area contributed by atoms with Crippen LogP contribution in [0.15, 0.2) is 12.4 Å². The SMILES string of the molecule is C=C(F)C(=O)N1CCCCC1.CC.CC(C)C. The summed E-state index contributed by atoms with van der Waals surface area (Å²) < 4.78 is 12.3. The fourth-order valence-electron chi connectivity index (χ4n) is 1.27. The highest BCUT2D eigenvalue weighted by Crippen LogP contribution is 2.11. The van der Waals surface area contributed by atoms with E-state index in [1.807, 2.05) is 13.8 Å². The molecule has 0 aromatic rings. The zero-order valence-corrected chi connectivity index (χ0v) is 12.1.